The number of rotatable bonds is 5. The highest BCUT2D eigenvalue weighted by molar-refractivity contribution is 5.72. The average molecular weight is 376 g/mol. The van der Waals surface area contributed by atoms with Crippen molar-refractivity contribution in [2.75, 3.05) is 0 Å². The summed E-state index contributed by atoms with van der Waals surface area (Å²) in [5, 5.41) is 0. The van der Waals surface area contributed by atoms with E-state index in [0.717, 1.165) is 0 Å². The Kier molecular flexibility index (Phi) is 5.94. The maximum absolute atomic E-state index is 12.6. The number of esters is 1. The summed E-state index contributed by atoms with van der Waals surface area (Å²) in [6.07, 6.45) is -16.3. The van der Waals surface area contributed by atoms with Gasteiger partial charge in [0, 0.05) is 5.92 Å². The van der Waals surface area contributed by atoms with E-state index in [1.54, 1.807) is 60.7 Å². The Morgan fingerprint density at radius 1 is 0.769 bits per heavy atom. The third-order valence-corrected chi connectivity index (χ3v) is 3.62. The molecule has 0 N–H and O–H groups in total. The van der Waals surface area contributed by atoms with Crippen molar-refractivity contribution >= 4 is 5.97 Å². The standard InChI is InChI=1S/C18H14F6O2/c19-17(20,21)16(18(22,23)24)26-15(25)11-14(12-7-3-1-4-8-12)13-9-5-2-6-10-13/h1-10,14,16H,11H2. The number of hydrogen-bond donors (Lipinski definition) is 0. The molecule has 0 atom stereocenters. The molecular weight excluding hydrogens is 362 g/mol. The smallest absolute Gasteiger partial charge is 0.434 e. The van der Waals surface area contributed by atoms with Crippen LogP contribution in [0.4, 0.5) is 26.3 Å². The van der Waals surface area contributed by atoms with Crippen LogP contribution in [0.2, 0.25) is 0 Å². The molecule has 0 spiro atoms. The quantitative estimate of drug-likeness (QED) is 0.527. The molecule has 2 rings (SSSR count). The summed E-state index contributed by atoms with van der Waals surface area (Å²) >= 11 is 0. The molecule has 0 amide bonds. The molecule has 0 aliphatic carbocycles. The van der Waals surface area contributed by atoms with Gasteiger partial charge in [-0.15, -0.1) is 0 Å². The molecular formula is C18H14F6O2. The van der Waals surface area contributed by atoms with E-state index in [1.165, 1.54) is 0 Å². The Labute approximate surface area is 145 Å². The van der Waals surface area contributed by atoms with Crippen molar-refractivity contribution in [3.63, 3.8) is 0 Å². The number of carbonyl (C=O) groups excluding carboxylic acids is 1. The normalized spacial score (nSPS) is 12.5. The molecule has 0 aromatic heterocycles. The van der Waals surface area contributed by atoms with Crippen LogP contribution in [0.15, 0.2) is 60.7 Å². The maximum atomic E-state index is 12.6. The van der Waals surface area contributed by atoms with Crippen molar-refractivity contribution in [3.8, 4) is 0 Å². The SMILES string of the molecule is O=C(CC(c1ccccc1)c1ccccc1)OC(C(F)(F)F)C(F)(F)F. The van der Waals surface area contributed by atoms with Gasteiger partial charge in [-0.25, -0.2) is 0 Å². The highest BCUT2D eigenvalue weighted by atomic mass is 19.4. The van der Waals surface area contributed by atoms with Gasteiger partial charge in [-0.05, 0) is 11.1 Å². The summed E-state index contributed by atoms with van der Waals surface area (Å²) < 4.78 is 79.1. The summed E-state index contributed by atoms with van der Waals surface area (Å²) in [7, 11) is 0. The minimum atomic E-state index is -5.73. The lowest BCUT2D eigenvalue weighted by atomic mass is 9.88. The van der Waals surface area contributed by atoms with Crippen molar-refractivity contribution in [2.45, 2.75) is 30.8 Å². The van der Waals surface area contributed by atoms with Crippen LogP contribution in [0.25, 0.3) is 0 Å². The molecule has 0 fully saturated rings. The molecule has 0 saturated heterocycles. The van der Waals surface area contributed by atoms with Crippen LogP contribution >= 0.6 is 0 Å². The number of halogens is 6. The zero-order chi connectivity index (χ0) is 19.4. The molecule has 8 heteroatoms. The third kappa shape index (κ3) is 5.24. The second-order valence-corrected chi connectivity index (χ2v) is 5.53. The molecule has 26 heavy (non-hydrogen) atoms. The molecule has 0 saturated carbocycles. The topological polar surface area (TPSA) is 26.3 Å². The van der Waals surface area contributed by atoms with Crippen LogP contribution in [0, 0.1) is 0 Å². The van der Waals surface area contributed by atoms with Crippen molar-refractivity contribution in [3.05, 3.63) is 71.8 Å². The van der Waals surface area contributed by atoms with Gasteiger partial charge >= 0.3 is 18.3 Å². The Morgan fingerprint density at radius 3 is 1.50 bits per heavy atom. The van der Waals surface area contributed by atoms with Gasteiger partial charge in [-0.1, -0.05) is 60.7 Å². The van der Waals surface area contributed by atoms with E-state index in [2.05, 4.69) is 4.74 Å². The highest BCUT2D eigenvalue weighted by Gasteiger charge is 2.59. The average Bonchev–Trinajstić information content (AvgIpc) is 2.57. The maximum Gasteiger partial charge on any atom is 0.434 e. The van der Waals surface area contributed by atoms with Gasteiger partial charge < -0.3 is 4.74 Å². The lowest BCUT2D eigenvalue weighted by Crippen LogP contribution is -2.45. The number of ether oxygens (including phenoxy) is 1. The van der Waals surface area contributed by atoms with Gasteiger partial charge in [-0.3, -0.25) is 4.79 Å². The van der Waals surface area contributed by atoms with Crippen LogP contribution in [0.3, 0.4) is 0 Å². The minimum Gasteiger partial charge on any atom is -0.443 e. The lowest BCUT2D eigenvalue weighted by Gasteiger charge is -2.24. The monoisotopic (exact) mass is 376 g/mol. The van der Waals surface area contributed by atoms with Crippen LogP contribution in [0.5, 0.6) is 0 Å². The van der Waals surface area contributed by atoms with Crippen molar-refractivity contribution in [1.82, 2.24) is 0 Å². The van der Waals surface area contributed by atoms with E-state index in [0.29, 0.717) is 11.1 Å². The van der Waals surface area contributed by atoms with Crippen molar-refractivity contribution in [2.24, 2.45) is 0 Å². The Balaban J connectivity index is 2.24. The first-order valence-corrected chi connectivity index (χ1v) is 7.52. The molecule has 0 unspecified atom stereocenters. The molecule has 2 nitrogen and oxygen atoms in total. The van der Waals surface area contributed by atoms with Crippen molar-refractivity contribution in [1.29, 1.82) is 0 Å². The number of benzene rings is 2. The summed E-state index contributed by atoms with van der Waals surface area (Å²) in [5.41, 5.74) is 1.15. The molecule has 0 aliphatic heterocycles. The molecule has 0 radical (unpaired) electrons. The summed E-state index contributed by atoms with van der Waals surface area (Å²) in [4.78, 5) is 11.9. The molecule has 2 aromatic carbocycles. The highest BCUT2D eigenvalue weighted by Crippen LogP contribution is 2.37. The molecule has 2 aromatic rings. The second kappa shape index (κ2) is 7.80. The Bertz CT molecular complexity index is 656. The molecule has 140 valence electrons. The van der Waals surface area contributed by atoms with Crippen LogP contribution < -0.4 is 0 Å². The van der Waals surface area contributed by atoms with E-state index < -0.39 is 36.8 Å². The van der Waals surface area contributed by atoms with Gasteiger partial charge in [0.05, 0.1) is 6.42 Å². The predicted molar refractivity (Wildman–Crippen MR) is 81.3 cm³/mol. The first-order chi connectivity index (χ1) is 12.1. The zero-order valence-electron chi connectivity index (χ0n) is 13.2. The van der Waals surface area contributed by atoms with Crippen LogP contribution in [-0.2, 0) is 9.53 Å². The van der Waals surface area contributed by atoms with Crippen LogP contribution in [0.1, 0.15) is 23.5 Å². The van der Waals surface area contributed by atoms with Gasteiger partial charge in [0.1, 0.15) is 0 Å². The van der Waals surface area contributed by atoms with E-state index in [1.807, 2.05) is 0 Å². The number of alkyl halides is 6. The summed E-state index contributed by atoms with van der Waals surface area (Å²) in [6, 6.07) is 16.6. The van der Waals surface area contributed by atoms with Crippen molar-refractivity contribution < 1.29 is 35.9 Å². The van der Waals surface area contributed by atoms with E-state index >= 15 is 0 Å². The van der Waals surface area contributed by atoms with E-state index in [9.17, 15) is 31.1 Å². The van der Waals surface area contributed by atoms with Gasteiger partial charge in [0.15, 0.2) is 0 Å². The largest absolute Gasteiger partial charge is 0.443 e. The first kappa shape index (κ1) is 19.8. The van der Waals surface area contributed by atoms with Gasteiger partial charge in [0.25, 0.3) is 6.10 Å². The molecule has 0 bridgehead atoms. The fourth-order valence-electron chi connectivity index (χ4n) is 2.46. The minimum absolute atomic E-state index is 0.575. The lowest BCUT2D eigenvalue weighted by molar-refractivity contribution is -0.313. The fourth-order valence-corrected chi connectivity index (χ4v) is 2.46. The fraction of sp³-hybridized carbons (Fsp3) is 0.278. The van der Waals surface area contributed by atoms with E-state index in [4.69, 9.17) is 0 Å². The number of hydrogen-bond acceptors (Lipinski definition) is 2. The predicted octanol–water partition coefficient (Wildman–Crippen LogP) is 5.25. The number of carbonyl (C=O) groups is 1. The molecule has 0 heterocycles. The second-order valence-electron chi connectivity index (χ2n) is 5.53. The summed E-state index contributed by atoms with van der Waals surface area (Å²) in [6.45, 7) is 0. The van der Waals surface area contributed by atoms with Gasteiger partial charge in [0.2, 0.25) is 0 Å². The Hall–Kier alpha value is -2.51. The first-order valence-electron chi connectivity index (χ1n) is 7.52. The van der Waals surface area contributed by atoms with Crippen LogP contribution in [-0.4, -0.2) is 24.4 Å². The summed E-state index contributed by atoms with van der Waals surface area (Å²) in [5.74, 6) is -2.31. The zero-order valence-corrected chi connectivity index (χ0v) is 13.2. The third-order valence-electron chi connectivity index (χ3n) is 3.62. The van der Waals surface area contributed by atoms with Gasteiger partial charge in [-0.2, -0.15) is 26.3 Å². The Morgan fingerprint density at radius 2 is 1.15 bits per heavy atom. The molecule has 0 aliphatic rings. The van der Waals surface area contributed by atoms with E-state index in [-0.39, 0.29) is 0 Å².